The molecule has 0 fully saturated rings. The maximum atomic E-state index is 11.7. The van der Waals surface area contributed by atoms with Crippen LogP contribution in [0.25, 0.3) is 0 Å². The monoisotopic (exact) mass is 264 g/mol. The normalized spacial score (nSPS) is 10.5. The van der Waals surface area contributed by atoms with Gasteiger partial charge in [-0.05, 0) is 24.5 Å². The summed E-state index contributed by atoms with van der Waals surface area (Å²) in [6.45, 7) is 7.81. The summed E-state index contributed by atoms with van der Waals surface area (Å²) in [5, 5.41) is 13.9. The Morgan fingerprint density at radius 3 is 2.63 bits per heavy atom. The molecule has 0 unspecified atom stereocenters. The number of nitrogens with one attached hydrogen (secondary N) is 2. The average molecular weight is 264 g/mol. The smallest absolute Gasteiger partial charge is 0.271 e. The number of carbonyl (C=O) groups is 1. The molecule has 0 radical (unpaired) electrons. The van der Waals surface area contributed by atoms with Crippen LogP contribution >= 0.6 is 0 Å². The molecule has 19 heavy (non-hydrogen) atoms. The fourth-order valence-electron chi connectivity index (χ4n) is 1.53. The third-order valence-corrected chi connectivity index (χ3v) is 2.65. The van der Waals surface area contributed by atoms with Crippen LogP contribution in [0.15, 0.2) is 12.1 Å². The van der Waals surface area contributed by atoms with Crippen molar-refractivity contribution in [2.24, 2.45) is 5.92 Å². The largest absolute Gasteiger partial charge is 0.369 e. The van der Waals surface area contributed by atoms with Gasteiger partial charge in [-0.15, -0.1) is 10.2 Å². The first kappa shape index (κ1) is 15.4. The molecule has 0 aliphatic rings. The number of hydrogen-bond acceptors (Lipinski definition) is 4. The van der Waals surface area contributed by atoms with Crippen molar-refractivity contribution >= 4 is 11.7 Å². The molecule has 0 saturated heterocycles. The van der Waals surface area contributed by atoms with Crippen molar-refractivity contribution < 1.29 is 4.79 Å². The molecule has 0 bridgehead atoms. The number of carbonyl (C=O) groups excluding carboxylic acids is 1. The van der Waals surface area contributed by atoms with Gasteiger partial charge in [0.25, 0.3) is 5.91 Å². The third kappa shape index (κ3) is 6.18. The highest BCUT2D eigenvalue weighted by molar-refractivity contribution is 5.92. The van der Waals surface area contributed by atoms with Gasteiger partial charge in [-0.1, -0.05) is 33.6 Å². The Labute approximate surface area is 115 Å². The van der Waals surface area contributed by atoms with E-state index in [1.54, 1.807) is 12.1 Å². The molecule has 106 valence electrons. The van der Waals surface area contributed by atoms with Gasteiger partial charge in [-0.3, -0.25) is 4.79 Å². The van der Waals surface area contributed by atoms with Crippen LogP contribution in [0, 0.1) is 5.92 Å². The molecule has 0 saturated carbocycles. The van der Waals surface area contributed by atoms with Gasteiger partial charge in [0.15, 0.2) is 5.69 Å². The van der Waals surface area contributed by atoms with E-state index in [9.17, 15) is 4.79 Å². The van der Waals surface area contributed by atoms with E-state index in [0.29, 0.717) is 18.2 Å². The Kier molecular flexibility index (Phi) is 6.85. The average Bonchev–Trinajstić information content (AvgIpc) is 2.41. The lowest BCUT2D eigenvalue weighted by molar-refractivity contribution is 0.0943. The Morgan fingerprint density at radius 1 is 1.26 bits per heavy atom. The molecule has 1 rings (SSSR count). The summed E-state index contributed by atoms with van der Waals surface area (Å²) >= 11 is 0. The van der Waals surface area contributed by atoms with Gasteiger partial charge in [-0.25, -0.2) is 0 Å². The summed E-state index contributed by atoms with van der Waals surface area (Å²) in [6, 6.07) is 3.49. The minimum absolute atomic E-state index is 0.168. The summed E-state index contributed by atoms with van der Waals surface area (Å²) in [4.78, 5) is 11.7. The highest BCUT2D eigenvalue weighted by Gasteiger charge is 2.08. The van der Waals surface area contributed by atoms with Gasteiger partial charge < -0.3 is 10.6 Å². The Balaban J connectivity index is 2.40. The van der Waals surface area contributed by atoms with Crippen LogP contribution in [0.5, 0.6) is 0 Å². The summed E-state index contributed by atoms with van der Waals surface area (Å²) in [7, 11) is 0. The highest BCUT2D eigenvalue weighted by atomic mass is 16.1. The van der Waals surface area contributed by atoms with Crippen LogP contribution in [0.4, 0.5) is 5.82 Å². The second kappa shape index (κ2) is 8.45. The molecule has 2 N–H and O–H groups in total. The van der Waals surface area contributed by atoms with Crippen LogP contribution in [0.1, 0.15) is 50.5 Å². The van der Waals surface area contributed by atoms with E-state index < -0.39 is 0 Å². The molecule has 0 atom stereocenters. The van der Waals surface area contributed by atoms with Crippen molar-refractivity contribution in [3.8, 4) is 0 Å². The maximum absolute atomic E-state index is 11.7. The lowest BCUT2D eigenvalue weighted by Crippen LogP contribution is -2.28. The zero-order valence-corrected chi connectivity index (χ0v) is 12.1. The number of unbranched alkanes of at least 4 members (excludes halogenated alkanes) is 2. The number of rotatable bonds is 8. The lowest BCUT2D eigenvalue weighted by Gasteiger charge is -2.07. The molecule has 0 aromatic carbocycles. The summed E-state index contributed by atoms with van der Waals surface area (Å²) in [5.74, 6) is 0.978. The number of hydrogen-bond donors (Lipinski definition) is 2. The van der Waals surface area contributed by atoms with E-state index in [1.165, 1.54) is 12.8 Å². The SMILES string of the molecule is CCCCCNc1ccc(C(=O)NCC(C)C)nn1. The summed E-state index contributed by atoms with van der Waals surface area (Å²) in [5.41, 5.74) is 0.361. The van der Waals surface area contributed by atoms with Crippen LogP contribution in [0.3, 0.4) is 0 Å². The third-order valence-electron chi connectivity index (χ3n) is 2.65. The highest BCUT2D eigenvalue weighted by Crippen LogP contribution is 2.03. The van der Waals surface area contributed by atoms with Crippen molar-refractivity contribution in [3.05, 3.63) is 17.8 Å². The molecular formula is C14H24N4O. The van der Waals surface area contributed by atoms with Crippen molar-refractivity contribution in [1.82, 2.24) is 15.5 Å². The van der Waals surface area contributed by atoms with Gasteiger partial charge in [0.1, 0.15) is 5.82 Å². The molecule has 1 aromatic rings. The number of aromatic nitrogens is 2. The van der Waals surface area contributed by atoms with Gasteiger partial charge in [-0.2, -0.15) is 0 Å². The molecular weight excluding hydrogens is 240 g/mol. The van der Waals surface area contributed by atoms with E-state index in [-0.39, 0.29) is 5.91 Å². The minimum Gasteiger partial charge on any atom is -0.369 e. The van der Waals surface area contributed by atoms with Gasteiger partial charge >= 0.3 is 0 Å². The standard InChI is InChI=1S/C14H24N4O/c1-4-5-6-9-15-13-8-7-12(17-18-13)14(19)16-10-11(2)3/h7-8,11H,4-6,9-10H2,1-3H3,(H,15,18)(H,16,19). The number of anilines is 1. The molecule has 5 nitrogen and oxygen atoms in total. The molecule has 0 aliphatic carbocycles. The van der Waals surface area contributed by atoms with Crippen molar-refractivity contribution in [1.29, 1.82) is 0 Å². The van der Waals surface area contributed by atoms with Crippen molar-refractivity contribution in [2.75, 3.05) is 18.4 Å². The topological polar surface area (TPSA) is 66.9 Å². The zero-order valence-electron chi connectivity index (χ0n) is 12.1. The first-order valence-electron chi connectivity index (χ1n) is 6.99. The van der Waals surface area contributed by atoms with E-state index in [0.717, 1.165) is 18.8 Å². The van der Waals surface area contributed by atoms with Crippen LogP contribution in [-0.4, -0.2) is 29.2 Å². The fraction of sp³-hybridized carbons (Fsp3) is 0.643. The van der Waals surface area contributed by atoms with Crippen LogP contribution < -0.4 is 10.6 Å². The molecule has 0 aliphatic heterocycles. The van der Waals surface area contributed by atoms with Crippen molar-refractivity contribution in [3.63, 3.8) is 0 Å². The Bertz CT molecular complexity index is 376. The van der Waals surface area contributed by atoms with Crippen LogP contribution in [0.2, 0.25) is 0 Å². The second-order valence-corrected chi connectivity index (χ2v) is 5.04. The molecule has 1 aromatic heterocycles. The predicted octanol–water partition coefficient (Wildman–Crippen LogP) is 2.46. The van der Waals surface area contributed by atoms with E-state index in [1.807, 2.05) is 0 Å². The first-order valence-corrected chi connectivity index (χ1v) is 6.99. The van der Waals surface area contributed by atoms with Gasteiger partial charge in [0, 0.05) is 13.1 Å². The Morgan fingerprint density at radius 2 is 2.05 bits per heavy atom. The minimum atomic E-state index is -0.168. The van der Waals surface area contributed by atoms with E-state index in [2.05, 4.69) is 41.6 Å². The fourth-order valence-corrected chi connectivity index (χ4v) is 1.53. The zero-order chi connectivity index (χ0) is 14.1. The maximum Gasteiger partial charge on any atom is 0.271 e. The van der Waals surface area contributed by atoms with E-state index in [4.69, 9.17) is 0 Å². The molecule has 0 spiro atoms. The number of nitrogens with zero attached hydrogens (tertiary/aromatic N) is 2. The number of amides is 1. The quantitative estimate of drug-likeness (QED) is 0.708. The van der Waals surface area contributed by atoms with E-state index >= 15 is 0 Å². The molecule has 1 heterocycles. The van der Waals surface area contributed by atoms with Crippen molar-refractivity contribution in [2.45, 2.75) is 40.0 Å². The van der Waals surface area contributed by atoms with Gasteiger partial charge in [0.2, 0.25) is 0 Å². The summed E-state index contributed by atoms with van der Waals surface area (Å²) in [6.07, 6.45) is 3.52. The molecule has 5 heteroatoms. The summed E-state index contributed by atoms with van der Waals surface area (Å²) < 4.78 is 0. The van der Waals surface area contributed by atoms with Crippen LogP contribution in [-0.2, 0) is 0 Å². The predicted molar refractivity (Wildman–Crippen MR) is 77.2 cm³/mol. The van der Waals surface area contributed by atoms with Gasteiger partial charge in [0.05, 0.1) is 0 Å². The Hall–Kier alpha value is -1.65. The molecule has 1 amide bonds. The second-order valence-electron chi connectivity index (χ2n) is 5.04. The first-order chi connectivity index (χ1) is 9.13. The lowest BCUT2D eigenvalue weighted by atomic mass is 10.2.